The van der Waals surface area contributed by atoms with Gasteiger partial charge in [-0.25, -0.2) is 9.59 Å². The Morgan fingerprint density at radius 3 is 2.06 bits per heavy atom. The number of urea groups is 1. The second-order valence-electron chi connectivity index (χ2n) is 9.19. The maximum Gasteiger partial charge on any atom is 0.410 e. The quantitative estimate of drug-likeness (QED) is 0.469. The lowest BCUT2D eigenvalue weighted by atomic mass is 9.93. The number of anilines is 1. The van der Waals surface area contributed by atoms with Crippen LogP contribution in [0.3, 0.4) is 0 Å². The van der Waals surface area contributed by atoms with Crippen molar-refractivity contribution < 1.29 is 14.3 Å². The molecule has 2 aromatic carbocycles. The fourth-order valence-corrected chi connectivity index (χ4v) is 4.55. The Hall–Kier alpha value is -2.15. The van der Waals surface area contributed by atoms with Gasteiger partial charge in [0.1, 0.15) is 5.60 Å². The van der Waals surface area contributed by atoms with E-state index in [0.717, 1.165) is 5.56 Å². The molecule has 0 saturated carbocycles. The van der Waals surface area contributed by atoms with E-state index in [0.29, 0.717) is 33.8 Å². The van der Waals surface area contributed by atoms with Gasteiger partial charge in [-0.05, 0) is 56.7 Å². The first kappa shape index (κ1) is 25.5. The van der Waals surface area contributed by atoms with Gasteiger partial charge in [0.15, 0.2) is 0 Å². The summed E-state index contributed by atoms with van der Waals surface area (Å²) in [5, 5.41) is 1.51. The van der Waals surface area contributed by atoms with Gasteiger partial charge in [-0.2, -0.15) is 0 Å². The van der Waals surface area contributed by atoms with Gasteiger partial charge in [0.05, 0.1) is 6.04 Å². The Kier molecular flexibility index (Phi) is 7.72. The molecule has 1 aliphatic heterocycles. The van der Waals surface area contributed by atoms with Crippen LogP contribution in [0, 0.1) is 0 Å². The number of nitrogens with zero attached hydrogens (tertiary/aromatic N) is 3. The first-order valence-corrected chi connectivity index (χ1v) is 11.7. The van der Waals surface area contributed by atoms with Crippen LogP contribution in [0.5, 0.6) is 0 Å². The van der Waals surface area contributed by atoms with Crippen molar-refractivity contribution in [3.63, 3.8) is 0 Å². The van der Waals surface area contributed by atoms with Crippen LogP contribution < -0.4 is 4.90 Å². The van der Waals surface area contributed by atoms with E-state index in [1.165, 1.54) is 4.90 Å². The van der Waals surface area contributed by atoms with Crippen LogP contribution in [-0.2, 0) is 4.74 Å². The molecule has 0 aliphatic carbocycles. The number of benzene rings is 2. The number of likely N-dealkylation sites (tertiary alicyclic amines) is 1. The molecular weight excluding hydrogens is 485 g/mol. The molecular formula is C24H28Cl3N3O3. The third kappa shape index (κ3) is 6.25. The van der Waals surface area contributed by atoms with E-state index >= 15 is 0 Å². The highest BCUT2D eigenvalue weighted by molar-refractivity contribution is 6.35. The maximum absolute atomic E-state index is 13.4. The van der Waals surface area contributed by atoms with Gasteiger partial charge < -0.3 is 14.5 Å². The zero-order valence-corrected chi connectivity index (χ0v) is 21.6. The van der Waals surface area contributed by atoms with Crippen molar-refractivity contribution in [1.29, 1.82) is 0 Å². The van der Waals surface area contributed by atoms with Crippen LogP contribution in [0.2, 0.25) is 15.1 Å². The molecule has 2 atom stereocenters. The van der Waals surface area contributed by atoms with Gasteiger partial charge >= 0.3 is 12.1 Å². The lowest BCUT2D eigenvalue weighted by molar-refractivity contribution is 0.0284. The lowest BCUT2D eigenvalue weighted by Gasteiger charge is -2.32. The van der Waals surface area contributed by atoms with Crippen molar-refractivity contribution in [2.45, 2.75) is 38.3 Å². The Morgan fingerprint density at radius 2 is 1.52 bits per heavy atom. The molecule has 9 heteroatoms. The van der Waals surface area contributed by atoms with Crippen molar-refractivity contribution >= 4 is 52.6 Å². The van der Waals surface area contributed by atoms with E-state index in [9.17, 15) is 9.59 Å². The minimum Gasteiger partial charge on any atom is -0.444 e. The Bertz CT molecular complexity index is 1000. The molecule has 1 heterocycles. The smallest absolute Gasteiger partial charge is 0.410 e. The van der Waals surface area contributed by atoms with E-state index < -0.39 is 11.7 Å². The Labute approximate surface area is 209 Å². The molecule has 1 saturated heterocycles. The predicted octanol–water partition coefficient (Wildman–Crippen LogP) is 6.54. The average molecular weight is 513 g/mol. The lowest BCUT2D eigenvalue weighted by Crippen LogP contribution is -2.47. The number of hydrogen-bond donors (Lipinski definition) is 0. The van der Waals surface area contributed by atoms with Crippen molar-refractivity contribution in [2.75, 3.05) is 32.1 Å². The summed E-state index contributed by atoms with van der Waals surface area (Å²) in [6, 6.07) is 11.9. The van der Waals surface area contributed by atoms with Crippen molar-refractivity contribution in [1.82, 2.24) is 9.80 Å². The molecule has 6 nitrogen and oxygen atoms in total. The molecule has 1 aliphatic rings. The van der Waals surface area contributed by atoms with E-state index in [1.54, 1.807) is 42.1 Å². The fraction of sp³-hybridized carbons (Fsp3) is 0.417. The van der Waals surface area contributed by atoms with Crippen molar-refractivity contribution in [3.05, 3.63) is 63.1 Å². The summed E-state index contributed by atoms with van der Waals surface area (Å²) < 4.78 is 5.58. The summed E-state index contributed by atoms with van der Waals surface area (Å²) in [4.78, 5) is 31.0. The van der Waals surface area contributed by atoms with Gasteiger partial charge in [0.25, 0.3) is 0 Å². The monoisotopic (exact) mass is 511 g/mol. The summed E-state index contributed by atoms with van der Waals surface area (Å²) in [6.45, 7) is 6.25. The molecule has 3 amide bonds. The highest BCUT2D eigenvalue weighted by atomic mass is 35.5. The first-order valence-electron chi connectivity index (χ1n) is 10.6. The van der Waals surface area contributed by atoms with Gasteiger partial charge in [-0.3, -0.25) is 4.90 Å². The summed E-state index contributed by atoms with van der Waals surface area (Å²) >= 11 is 18.3. The largest absolute Gasteiger partial charge is 0.444 e. The first-order chi connectivity index (χ1) is 15.4. The SMILES string of the molecule is CN(C(=O)N(C)[C@H]1CN(C(=O)OC(C)(C)C)C[C@@H]1c1ccc(Cl)cc1)c1cc(Cl)cc(Cl)c1. The summed E-state index contributed by atoms with van der Waals surface area (Å²) in [6.07, 6.45) is -0.403. The number of halogens is 3. The van der Waals surface area contributed by atoms with Crippen LogP contribution in [-0.4, -0.2) is 60.8 Å². The number of ether oxygens (including phenoxy) is 1. The number of hydrogen-bond acceptors (Lipinski definition) is 3. The number of carbonyl (C=O) groups is 2. The number of amides is 3. The third-order valence-electron chi connectivity index (χ3n) is 5.56. The Morgan fingerprint density at radius 1 is 0.939 bits per heavy atom. The normalized spacial score (nSPS) is 18.2. The fourth-order valence-electron chi connectivity index (χ4n) is 3.91. The van der Waals surface area contributed by atoms with E-state index in [1.807, 2.05) is 45.0 Å². The van der Waals surface area contributed by atoms with Crippen molar-refractivity contribution in [2.24, 2.45) is 0 Å². The van der Waals surface area contributed by atoms with Crippen LogP contribution in [0.25, 0.3) is 0 Å². The topological polar surface area (TPSA) is 53.1 Å². The van der Waals surface area contributed by atoms with E-state index in [2.05, 4.69) is 0 Å². The standard InChI is InChI=1S/C24H28Cl3N3O3/c1-24(2,3)33-23(32)30-13-20(15-6-8-16(25)9-7-15)21(14-30)29(5)22(31)28(4)19-11-17(26)10-18(27)12-19/h6-12,20-21H,13-14H2,1-5H3/t20-,21+/m1/s1. The Balaban J connectivity index is 1.87. The minimum atomic E-state index is -0.612. The van der Waals surface area contributed by atoms with Gasteiger partial charge in [-0.15, -0.1) is 0 Å². The van der Waals surface area contributed by atoms with E-state index in [4.69, 9.17) is 39.5 Å². The molecule has 0 unspecified atom stereocenters. The molecule has 0 bridgehead atoms. The molecule has 0 spiro atoms. The summed E-state index contributed by atoms with van der Waals surface area (Å²) in [5.74, 6) is -0.111. The molecule has 2 aromatic rings. The second kappa shape index (κ2) is 10.00. The molecule has 0 N–H and O–H groups in total. The second-order valence-corrected chi connectivity index (χ2v) is 10.5. The number of carbonyl (C=O) groups excluding carboxylic acids is 2. The van der Waals surface area contributed by atoms with Gasteiger partial charge in [0, 0.05) is 53.9 Å². The minimum absolute atomic E-state index is 0.111. The zero-order chi connectivity index (χ0) is 24.5. The molecule has 0 radical (unpaired) electrons. The third-order valence-corrected chi connectivity index (χ3v) is 6.25. The van der Waals surface area contributed by atoms with Crippen LogP contribution in [0.4, 0.5) is 15.3 Å². The highest BCUT2D eigenvalue weighted by Crippen LogP contribution is 2.33. The summed E-state index contributed by atoms with van der Waals surface area (Å²) in [7, 11) is 3.40. The van der Waals surface area contributed by atoms with Crippen LogP contribution in [0.1, 0.15) is 32.3 Å². The van der Waals surface area contributed by atoms with Gasteiger partial charge in [0.2, 0.25) is 0 Å². The number of likely N-dealkylation sites (N-methyl/N-ethyl adjacent to an activating group) is 1. The highest BCUT2D eigenvalue weighted by Gasteiger charge is 2.42. The predicted molar refractivity (Wildman–Crippen MR) is 134 cm³/mol. The molecule has 1 fully saturated rings. The maximum atomic E-state index is 13.4. The zero-order valence-electron chi connectivity index (χ0n) is 19.3. The van der Waals surface area contributed by atoms with E-state index in [-0.39, 0.29) is 18.0 Å². The van der Waals surface area contributed by atoms with Crippen LogP contribution >= 0.6 is 34.8 Å². The summed E-state index contributed by atoms with van der Waals surface area (Å²) in [5.41, 5.74) is 0.955. The van der Waals surface area contributed by atoms with Gasteiger partial charge in [-0.1, -0.05) is 46.9 Å². The molecule has 33 heavy (non-hydrogen) atoms. The molecule has 178 valence electrons. The van der Waals surface area contributed by atoms with Crippen molar-refractivity contribution in [3.8, 4) is 0 Å². The molecule has 3 rings (SSSR count). The van der Waals surface area contributed by atoms with Crippen LogP contribution in [0.15, 0.2) is 42.5 Å². The number of rotatable bonds is 3. The average Bonchev–Trinajstić information content (AvgIpc) is 3.16. The molecule has 0 aromatic heterocycles.